The summed E-state index contributed by atoms with van der Waals surface area (Å²) in [6.45, 7) is 6.51. The van der Waals surface area contributed by atoms with Crippen molar-refractivity contribution in [3.8, 4) is 5.75 Å². The van der Waals surface area contributed by atoms with Crippen LogP contribution < -0.4 is 15.4 Å². The third-order valence-electron chi connectivity index (χ3n) is 2.99. The summed E-state index contributed by atoms with van der Waals surface area (Å²) in [6, 6.07) is 5.36. The van der Waals surface area contributed by atoms with Gasteiger partial charge in [-0.05, 0) is 31.2 Å². The Morgan fingerprint density at radius 3 is 2.73 bits per heavy atom. The monoisotopic (exact) mass is 305 g/mol. The van der Waals surface area contributed by atoms with Crippen molar-refractivity contribution in [1.29, 1.82) is 0 Å². The van der Waals surface area contributed by atoms with Crippen molar-refractivity contribution in [2.75, 3.05) is 27.2 Å². The number of aryl methyl sites for hydroxylation is 1. The summed E-state index contributed by atoms with van der Waals surface area (Å²) in [5, 5.41) is 4.75. The predicted octanol–water partition coefficient (Wildman–Crippen LogP) is 1.45. The van der Waals surface area contributed by atoms with Crippen molar-refractivity contribution in [1.82, 2.24) is 15.5 Å². The minimum atomic E-state index is -0.515. The third-order valence-corrected chi connectivity index (χ3v) is 2.99. The summed E-state index contributed by atoms with van der Waals surface area (Å²) in [5.41, 5.74) is 2.12. The van der Waals surface area contributed by atoms with Crippen molar-refractivity contribution in [3.63, 3.8) is 0 Å². The second kappa shape index (κ2) is 8.84. The molecule has 0 aliphatic rings. The van der Waals surface area contributed by atoms with Crippen molar-refractivity contribution >= 4 is 11.9 Å². The Balaban J connectivity index is 2.46. The van der Waals surface area contributed by atoms with Crippen LogP contribution in [0.25, 0.3) is 0 Å². The lowest BCUT2D eigenvalue weighted by atomic mass is 10.1. The van der Waals surface area contributed by atoms with E-state index < -0.39 is 6.03 Å². The standard InChI is InChI=1S/C16H23N3O3/c1-5-8-17-16(21)18-15(20)11-19(3)10-13-6-7-14(22-4)12(2)9-13/h5-7,9H,1,8,10-11H2,2-4H3,(H2,17,18,20,21). The first-order valence-electron chi connectivity index (χ1n) is 6.97. The zero-order valence-corrected chi connectivity index (χ0v) is 13.3. The molecule has 1 aromatic rings. The average Bonchev–Trinajstić information content (AvgIpc) is 2.44. The quantitative estimate of drug-likeness (QED) is 0.748. The maximum Gasteiger partial charge on any atom is 0.321 e. The van der Waals surface area contributed by atoms with Gasteiger partial charge in [0.1, 0.15) is 5.75 Å². The number of urea groups is 1. The molecule has 0 heterocycles. The van der Waals surface area contributed by atoms with E-state index in [1.807, 2.05) is 37.1 Å². The topological polar surface area (TPSA) is 70.7 Å². The summed E-state index contributed by atoms with van der Waals surface area (Å²) in [6.07, 6.45) is 1.54. The summed E-state index contributed by atoms with van der Waals surface area (Å²) in [5.74, 6) is 0.484. The van der Waals surface area contributed by atoms with E-state index in [1.165, 1.54) is 0 Å². The summed E-state index contributed by atoms with van der Waals surface area (Å²) < 4.78 is 5.22. The Hall–Kier alpha value is -2.34. The number of amides is 3. The van der Waals surface area contributed by atoms with Crippen LogP contribution in [0.5, 0.6) is 5.75 Å². The number of nitrogens with zero attached hydrogens (tertiary/aromatic N) is 1. The van der Waals surface area contributed by atoms with Crippen LogP contribution in [0, 0.1) is 6.92 Å². The minimum Gasteiger partial charge on any atom is -0.496 e. The molecule has 0 aromatic heterocycles. The van der Waals surface area contributed by atoms with Gasteiger partial charge in [0, 0.05) is 13.1 Å². The molecule has 0 radical (unpaired) electrons. The first-order chi connectivity index (χ1) is 10.5. The normalized spacial score (nSPS) is 10.2. The summed E-state index contributed by atoms with van der Waals surface area (Å²) in [7, 11) is 3.46. The van der Waals surface area contributed by atoms with Gasteiger partial charge in [0.05, 0.1) is 13.7 Å². The molecule has 2 N–H and O–H groups in total. The Bertz CT molecular complexity index is 543. The van der Waals surface area contributed by atoms with E-state index >= 15 is 0 Å². The van der Waals surface area contributed by atoms with Crippen molar-refractivity contribution in [3.05, 3.63) is 42.0 Å². The highest BCUT2D eigenvalue weighted by molar-refractivity contribution is 5.95. The van der Waals surface area contributed by atoms with Gasteiger partial charge in [-0.15, -0.1) is 6.58 Å². The number of benzene rings is 1. The smallest absolute Gasteiger partial charge is 0.321 e. The average molecular weight is 305 g/mol. The molecular formula is C16H23N3O3. The van der Waals surface area contributed by atoms with Crippen molar-refractivity contribution in [2.45, 2.75) is 13.5 Å². The van der Waals surface area contributed by atoms with Gasteiger partial charge in [-0.1, -0.05) is 18.2 Å². The van der Waals surface area contributed by atoms with Crippen LogP contribution in [0.15, 0.2) is 30.9 Å². The summed E-state index contributed by atoms with van der Waals surface area (Å²) in [4.78, 5) is 24.9. The Morgan fingerprint density at radius 2 is 2.14 bits per heavy atom. The second-order valence-corrected chi connectivity index (χ2v) is 5.02. The molecule has 0 unspecified atom stereocenters. The Kier molecular flexibility index (Phi) is 7.12. The molecule has 0 aliphatic carbocycles. The molecular weight excluding hydrogens is 282 g/mol. The molecule has 1 aromatic carbocycles. The molecule has 0 bridgehead atoms. The maximum atomic E-state index is 11.7. The van der Waals surface area contributed by atoms with E-state index in [2.05, 4.69) is 17.2 Å². The number of ether oxygens (including phenoxy) is 1. The van der Waals surface area contributed by atoms with Crippen LogP contribution in [-0.2, 0) is 11.3 Å². The Morgan fingerprint density at radius 1 is 1.41 bits per heavy atom. The number of hydrogen-bond acceptors (Lipinski definition) is 4. The number of carbonyl (C=O) groups excluding carboxylic acids is 2. The molecule has 1 rings (SSSR count). The Labute approximate surface area is 131 Å². The van der Waals surface area contributed by atoms with Gasteiger partial charge in [0.2, 0.25) is 5.91 Å². The molecule has 0 spiro atoms. The van der Waals surface area contributed by atoms with E-state index in [4.69, 9.17) is 4.74 Å². The highest BCUT2D eigenvalue weighted by atomic mass is 16.5. The van der Waals surface area contributed by atoms with Crippen LogP contribution >= 0.6 is 0 Å². The van der Waals surface area contributed by atoms with Gasteiger partial charge >= 0.3 is 6.03 Å². The first kappa shape index (κ1) is 17.7. The SMILES string of the molecule is C=CCNC(=O)NC(=O)CN(C)Cc1ccc(OC)c(C)c1. The molecule has 6 heteroatoms. The maximum absolute atomic E-state index is 11.7. The number of imide groups is 1. The molecule has 0 saturated carbocycles. The minimum absolute atomic E-state index is 0.132. The van der Waals surface area contributed by atoms with Gasteiger partial charge in [-0.2, -0.15) is 0 Å². The largest absolute Gasteiger partial charge is 0.496 e. The van der Waals surface area contributed by atoms with Crippen LogP contribution in [0.2, 0.25) is 0 Å². The number of hydrogen-bond donors (Lipinski definition) is 2. The van der Waals surface area contributed by atoms with Gasteiger partial charge < -0.3 is 10.1 Å². The van der Waals surface area contributed by atoms with Gasteiger partial charge in [0.15, 0.2) is 0 Å². The fourth-order valence-electron chi connectivity index (χ4n) is 2.03. The van der Waals surface area contributed by atoms with Crippen molar-refractivity contribution in [2.24, 2.45) is 0 Å². The lowest BCUT2D eigenvalue weighted by Crippen LogP contribution is -2.43. The fourth-order valence-corrected chi connectivity index (χ4v) is 2.03. The molecule has 22 heavy (non-hydrogen) atoms. The predicted molar refractivity (Wildman–Crippen MR) is 85.8 cm³/mol. The zero-order valence-electron chi connectivity index (χ0n) is 13.3. The highest BCUT2D eigenvalue weighted by Gasteiger charge is 2.10. The highest BCUT2D eigenvalue weighted by Crippen LogP contribution is 2.19. The van der Waals surface area contributed by atoms with E-state index in [9.17, 15) is 9.59 Å². The molecule has 3 amide bonds. The van der Waals surface area contributed by atoms with Gasteiger partial charge in [-0.25, -0.2) is 4.79 Å². The van der Waals surface area contributed by atoms with E-state index in [1.54, 1.807) is 13.2 Å². The molecule has 6 nitrogen and oxygen atoms in total. The number of methoxy groups -OCH3 is 1. The zero-order chi connectivity index (χ0) is 16.5. The van der Waals surface area contributed by atoms with E-state index in [-0.39, 0.29) is 12.5 Å². The molecule has 0 aliphatic heterocycles. The van der Waals surface area contributed by atoms with Crippen LogP contribution in [-0.4, -0.2) is 44.1 Å². The van der Waals surface area contributed by atoms with Gasteiger partial charge in [0.25, 0.3) is 0 Å². The van der Waals surface area contributed by atoms with Crippen molar-refractivity contribution < 1.29 is 14.3 Å². The lowest BCUT2D eigenvalue weighted by Gasteiger charge is -2.17. The number of carbonyl (C=O) groups is 2. The van der Waals surface area contributed by atoms with Crippen LogP contribution in [0.4, 0.5) is 4.79 Å². The molecule has 0 saturated heterocycles. The van der Waals surface area contributed by atoms with E-state index in [0.29, 0.717) is 13.1 Å². The first-order valence-corrected chi connectivity index (χ1v) is 6.97. The lowest BCUT2D eigenvalue weighted by molar-refractivity contribution is -0.120. The third kappa shape index (κ3) is 5.97. The second-order valence-electron chi connectivity index (χ2n) is 5.02. The van der Waals surface area contributed by atoms with Crippen LogP contribution in [0.1, 0.15) is 11.1 Å². The number of likely N-dealkylation sites (N-methyl/N-ethyl adjacent to an activating group) is 1. The number of rotatable bonds is 7. The molecule has 120 valence electrons. The fraction of sp³-hybridized carbons (Fsp3) is 0.375. The summed E-state index contributed by atoms with van der Waals surface area (Å²) >= 11 is 0. The van der Waals surface area contributed by atoms with Gasteiger partial charge in [-0.3, -0.25) is 15.0 Å². The molecule has 0 fully saturated rings. The number of nitrogens with one attached hydrogen (secondary N) is 2. The van der Waals surface area contributed by atoms with E-state index in [0.717, 1.165) is 16.9 Å². The van der Waals surface area contributed by atoms with Crippen LogP contribution in [0.3, 0.4) is 0 Å². The molecule has 0 atom stereocenters.